The summed E-state index contributed by atoms with van der Waals surface area (Å²) in [6.07, 6.45) is 0. The SMILES string of the molecule is COc1ccc2sc3ccc(OC)cc3c(=O)c2c1. The number of ether oxygens (including phenoxy) is 2. The van der Waals surface area contributed by atoms with Crippen molar-refractivity contribution in [2.75, 3.05) is 14.2 Å². The van der Waals surface area contributed by atoms with Crippen LogP contribution in [0, 0.1) is 0 Å². The van der Waals surface area contributed by atoms with E-state index in [1.807, 2.05) is 24.3 Å². The Morgan fingerprint density at radius 2 is 1.32 bits per heavy atom. The van der Waals surface area contributed by atoms with Crippen LogP contribution in [0.25, 0.3) is 20.2 Å². The van der Waals surface area contributed by atoms with Gasteiger partial charge in [0.2, 0.25) is 0 Å². The molecule has 0 amide bonds. The summed E-state index contributed by atoms with van der Waals surface area (Å²) in [6, 6.07) is 11.1. The smallest absolute Gasteiger partial charge is 0.196 e. The van der Waals surface area contributed by atoms with Crippen LogP contribution in [0.5, 0.6) is 11.5 Å². The molecule has 0 aliphatic rings. The number of rotatable bonds is 2. The van der Waals surface area contributed by atoms with Gasteiger partial charge in [0, 0.05) is 20.2 Å². The lowest BCUT2D eigenvalue weighted by Crippen LogP contribution is -2.01. The molecule has 2 aromatic carbocycles. The van der Waals surface area contributed by atoms with Gasteiger partial charge in [-0.05, 0) is 36.4 Å². The first-order valence-corrected chi connectivity index (χ1v) is 6.63. The second-order valence-electron chi connectivity index (χ2n) is 4.16. The zero-order valence-corrected chi connectivity index (χ0v) is 11.4. The van der Waals surface area contributed by atoms with Crippen molar-refractivity contribution < 1.29 is 9.47 Å². The quantitative estimate of drug-likeness (QED) is 0.670. The molecule has 19 heavy (non-hydrogen) atoms. The van der Waals surface area contributed by atoms with Crippen molar-refractivity contribution in [3.8, 4) is 11.5 Å². The van der Waals surface area contributed by atoms with Crippen LogP contribution < -0.4 is 14.9 Å². The molecule has 96 valence electrons. The minimum absolute atomic E-state index is 0.0153. The maximum Gasteiger partial charge on any atom is 0.196 e. The molecular weight excluding hydrogens is 260 g/mol. The van der Waals surface area contributed by atoms with Crippen LogP contribution in [0.1, 0.15) is 0 Å². The van der Waals surface area contributed by atoms with E-state index in [9.17, 15) is 4.79 Å². The van der Waals surface area contributed by atoms with Crippen molar-refractivity contribution in [1.29, 1.82) is 0 Å². The fourth-order valence-corrected chi connectivity index (χ4v) is 3.10. The summed E-state index contributed by atoms with van der Waals surface area (Å²) in [4.78, 5) is 12.5. The van der Waals surface area contributed by atoms with Crippen LogP contribution in [0.15, 0.2) is 41.2 Å². The zero-order valence-electron chi connectivity index (χ0n) is 10.6. The number of hydrogen-bond acceptors (Lipinski definition) is 4. The Morgan fingerprint density at radius 3 is 1.74 bits per heavy atom. The highest BCUT2D eigenvalue weighted by Crippen LogP contribution is 2.29. The van der Waals surface area contributed by atoms with Crippen molar-refractivity contribution >= 4 is 31.5 Å². The molecule has 0 saturated heterocycles. The summed E-state index contributed by atoms with van der Waals surface area (Å²) in [7, 11) is 3.19. The predicted molar refractivity (Wildman–Crippen MR) is 78.7 cm³/mol. The lowest BCUT2D eigenvalue weighted by molar-refractivity contribution is 0.415. The summed E-state index contributed by atoms with van der Waals surface area (Å²) in [5, 5.41) is 1.37. The molecule has 4 heteroatoms. The first-order valence-electron chi connectivity index (χ1n) is 5.81. The minimum atomic E-state index is 0.0153. The Balaban J connectivity index is 2.43. The van der Waals surface area contributed by atoms with Crippen molar-refractivity contribution in [2.45, 2.75) is 0 Å². The Hall–Kier alpha value is -2.07. The van der Waals surface area contributed by atoms with Crippen LogP contribution in [-0.4, -0.2) is 14.2 Å². The Bertz CT molecular complexity index is 756. The van der Waals surface area contributed by atoms with E-state index < -0.39 is 0 Å². The molecule has 1 aromatic heterocycles. The summed E-state index contributed by atoms with van der Waals surface area (Å²) in [5.74, 6) is 1.39. The maximum atomic E-state index is 12.5. The molecule has 0 fully saturated rings. The second-order valence-corrected chi connectivity index (χ2v) is 5.24. The largest absolute Gasteiger partial charge is 0.497 e. The van der Waals surface area contributed by atoms with Crippen LogP contribution in [0.4, 0.5) is 0 Å². The molecule has 0 radical (unpaired) electrons. The van der Waals surface area contributed by atoms with E-state index >= 15 is 0 Å². The highest BCUT2D eigenvalue weighted by Gasteiger charge is 2.08. The molecule has 0 aliphatic carbocycles. The number of benzene rings is 2. The summed E-state index contributed by atoms with van der Waals surface area (Å²) in [6.45, 7) is 0. The van der Waals surface area contributed by atoms with E-state index in [2.05, 4.69) is 0 Å². The first-order chi connectivity index (χ1) is 9.22. The van der Waals surface area contributed by atoms with Crippen molar-refractivity contribution in [3.05, 3.63) is 46.6 Å². The molecule has 0 unspecified atom stereocenters. The summed E-state index contributed by atoms with van der Waals surface area (Å²) >= 11 is 1.59. The lowest BCUT2D eigenvalue weighted by atomic mass is 10.1. The van der Waals surface area contributed by atoms with E-state index in [4.69, 9.17) is 9.47 Å². The topological polar surface area (TPSA) is 35.5 Å². The average Bonchev–Trinajstić information content (AvgIpc) is 2.47. The van der Waals surface area contributed by atoms with E-state index in [-0.39, 0.29) is 5.43 Å². The maximum absolute atomic E-state index is 12.5. The Labute approximate surface area is 114 Å². The lowest BCUT2D eigenvalue weighted by Gasteiger charge is -2.05. The van der Waals surface area contributed by atoms with Gasteiger partial charge in [0.1, 0.15) is 11.5 Å². The monoisotopic (exact) mass is 272 g/mol. The van der Waals surface area contributed by atoms with Gasteiger partial charge in [-0.2, -0.15) is 0 Å². The van der Waals surface area contributed by atoms with E-state index in [0.717, 1.165) is 9.40 Å². The molecule has 3 nitrogen and oxygen atoms in total. The van der Waals surface area contributed by atoms with Gasteiger partial charge in [-0.25, -0.2) is 0 Å². The van der Waals surface area contributed by atoms with Crippen molar-refractivity contribution in [2.24, 2.45) is 0 Å². The average molecular weight is 272 g/mol. The predicted octanol–water partition coefficient (Wildman–Crippen LogP) is 3.43. The van der Waals surface area contributed by atoms with Gasteiger partial charge < -0.3 is 9.47 Å². The fourth-order valence-electron chi connectivity index (χ4n) is 2.07. The van der Waals surface area contributed by atoms with Crippen LogP contribution in [0.3, 0.4) is 0 Å². The van der Waals surface area contributed by atoms with E-state index in [1.54, 1.807) is 37.7 Å². The summed E-state index contributed by atoms with van der Waals surface area (Å²) in [5.41, 5.74) is 0.0153. The molecule has 0 N–H and O–H groups in total. The van der Waals surface area contributed by atoms with Gasteiger partial charge in [-0.3, -0.25) is 4.79 Å². The molecule has 3 aromatic rings. The molecule has 3 rings (SSSR count). The number of methoxy groups -OCH3 is 2. The molecular formula is C15H12O3S. The molecule has 0 spiro atoms. The van der Waals surface area contributed by atoms with E-state index in [0.29, 0.717) is 22.3 Å². The fraction of sp³-hybridized carbons (Fsp3) is 0.133. The van der Waals surface area contributed by atoms with Crippen molar-refractivity contribution in [3.63, 3.8) is 0 Å². The molecule has 0 aliphatic heterocycles. The van der Waals surface area contributed by atoms with Gasteiger partial charge in [-0.15, -0.1) is 11.3 Å². The molecule has 0 bridgehead atoms. The Morgan fingerprint density at radius 1 is 0.842 bits per heavy atom. The highest BCUT2D eigenvalue weighted by atomic mass is 32.1. The normalized spacial score (nSPS) is 10.8. The second kappa shape index (κ2) is 4.55. The number of hydrogen-bond donors (Lipinski definition) is 0. The van der Waals surface area contributed by atoms with Gasteiger partial charge >= 0.3 is 0 Å². The molecule has 1 heterocycles. The minimum Gasteiger partial charge on any atom is -0.497 e. The van der Waals surface area contributed by atoms with Gasteiger partial charge in [0.15, 0.2) is 5.43 Å². The highest BCUT2D eigenvalue weighted by molar-refractivity contribution is 7.24. The molecule has 0 saturated carbocycles. The molecule has 0 atom stereocenters. The van der Waals surface area contributed by atoms with Gasteiger partial charge in [-0.1, -0.05) is 0 Å². The van der Waals surface area contributed by atoms with Gasteiger partial charge in [0.25, 0.3) is 0 Å². The number of fused-ring (bicyclic) bond motifs is 2. The third-order valence-corrected chi connectivity index (χ3v) is 4.23. The standard InChI is InChI=1S/C15H12O3S/c1-17-9-3-5-13-11(7-9)15(16)12-8-10(18-2)4-6-14(12)19-13/h3-8H,1-2H3. The van der Waals surface area contributed by atoms with E-state index in [1.165, 1.54) is 0 Å². The zero-order chi connectivity index (χ0) is 13.4. The van der Waals surface area contributed by atoms with Crippen LogP contribution in [0.2, 0.25) is 0 Å². The third kappa shape index (κ3) is 1.94. The first kappa shape index (κ1) is 12.0. The van der Waals surface area contributed by atoms with Crippen molar-refractivity contribution in [1.82, 2.24) is 0 Å². The van der Waals surface area contributed by atoms with Crippen LogP contribution in [-0.2, 0) is 0 Å². The summed E-state index contributed by atoms with van der Waals surface area (Å²) < 4.78 is 12.3. The Kier molecular flexibility index (Phi) is 2.87. The third-order valence-electron chi connectivity index (χ3n) is 3.08. The van der Waals surface area contributed by atoms with Crippen LogP contribution >= 0.6 is 11.3 Å². The van der Waals surface area contributed by atoms with Gasteiger partial charge in [0.05, 0.1) is 14.2 Å².